The lowest BCUT2D eigenvalue weighted by atomic mass is 10.2. The molecular formula is C19H25N3O. The molecule has 0 radical (unpaired) electrons. The molecule has 0 spiro atoms. The molecule has 0 saturated carbocycles. The molecule has 0 aliphatic carbocycles. The normalized spacial score (nSPS) is 10.4. The summed E-state index contributed by atoms with van der Waals surface area (Å²) < 4.78 is 0. The minimum absolute atomic E-state index is 0.108. The minimum atomic E-state index is -0.108. The lowest BCUT2D eigenvalue weighted by Gasteiger charge is -2.23. The van der Waals surface area contributed by atoms with E-state index in [0.29, 0.717) is 12.2 Å². The van der Waals surface area contributed by atoms with Crippen LogP contribution in [0.3, 0.4) is 0 Å². The molecule has 0 saturated heterocycles. The SMILES string of the molecule is CCCCNC(=O)c1ccc(N(CC)c2cccc(C)c2)cn1. The van der Waals surface area contributed by atoms with Crippen LogP contribution in [0.4, 0.5) is 11.4 Å². The first kappa shape index (κ1) is 17.0. The number of benzene rings is 1. The molecule has 1 heterocycles. The maximum Gasteiger partial charge on any atom is 0.269 e. The van der Waals surface area contributed by atoms with Crippen molar-refractivity contribution in [3.05, 3.63) is 53.9 Å². The molecule has 0 fully saturated rings. The Balaban J connectivity index is 2.12. The van der Waals surface area contributed by atoms with Gasteiger partial charge < -0.3 is 10.2 Å². The lowest BCUT2D eigenvalue weighted by Crippen LogP contribution is -2.25. The predicted octanol–water partition coefficient (Wildman–Crippen LogP) is 4.08. The average Bonchev–Trinajstić information content (AvgIpc) is 2.56. The summed E-state index contributed by atoms with van der Waals surface area (Å²) in [7, 11) is 0. The Bertz CT molecular complexity index is 637. The third-order valence-electron chi connectivity index (χ3n) is 3.74. The smallest absolute Gasteiger partial charge is 0.269 e. The quantitative estimate of drug-likeness (QED) is 0.784. The molecule has 4 nitrogen and oxygen atoms in total. The number of hydrogen-bond acceptors (Lipinski definition) is 3. The molecule has 0 unspecified atom stereocenters. The van der Waals surface area contributed by atoms with Crippen molar-refractivity contribution in [1.29, 1.82) is 0 Å². The summed E-state index contributed by atoms with van der Waals surface area (Å²) in [5.74, 6) is -0.108. The zero-order valence-corrected chi connectivity index (χ0v) is 14.2. The van der Waals surface area contributed by atoms with E-state index < -0.39 is 0 Å². The van der Waals surface area contributed by atoms with E-state index >= 15 is 0 Å². The van der Waals surface area contributed by atoms with Gasteiger partial charge in [-0.05, 0) is 50.1 Å². The fourth-order valence-electron chi connectivity index (χ4n) is 2.46. The predicted molar refractivity (Wildman–Crippen MR) is 95.3 cm³/mol. The van der Waals surface area contributed by atoms with Crippen LogP contribution in [0.25, 0.3) is 0 Å². The lowest BCUT2D eigenvalue weighted by molar-refractivity contribution is 0.0948. The number of anilines is 2. The summed E-state index contributed by atoms with van der Waals surface area (Å²) in [5.41, 5.74) is 3.81. The molecule has 0 aliphatic heterocycles. The van der Waals surface area contributed by atoms with Gasteiger partial charge in [-0.15, -0.1) is 0 Å². The summed E-state index contributed by atoms with van der Waals surface area (Å²) in [6, 6.07) is 12.1. The third-order valence-corrected chi connectivity index (χ3v) is 3.74. The zero-order valence-electron chi connectivity index (χ0n) is 14.2. The highest BCUT2D eigenvalue weighted by Crippen LogP contribution is 2.25. The van der Waals surface area contributed by atoms with Gasteiger partial charge >= 0.3 is 0 Å². The van der Waals surface area contributed by atoms with E-state index in [1.54, 1.807) is 12.3 Å². The molecule has 1 N–H and O–H groups in total. The van der Waals surface area contributed by atoms with Gasteiger partial charge in [-0.25, -0.2) is 4.98 Å². The van der Waals surface area contributed by atoms with E-state index in [-0.39, 0.29) is 5.91 Å². The fraction of sp³-hybridized carbons (Fsp3) is 0.368. The van der Waals surface area contributed by atoms with Crippen molar-refractivity contribution in [2.24, 2.45) is 0 Å². The fourth-order valence-corrected chi connectivity index (χ4v) is 2.46. The van der Waals surface area contributed by atoms with Crippen LogP contribution in [0.1, 0.15) is 42.7 Å². The van der Waals surface area contributed by atoms with Gasteiger partial charge in [-0.3, -0.25) is 4.79 Å². The highest BCUT2D eigenvalue weighted by atomic mass is 16.1. The topological polar surface area (TPSA) is 45.2 Å². The van der Waals surface area contributed by atoms with Gasteiger partial charge in [0.2, 0.25) is 0 Å². The number of pyridine rings is 1. The molecule has 2 aromatic rings. The second-order valence-corrected chi connectivity index (χ2v) is 5.59. The number of carbonyl (C=O) groups excluding carboxylic acids is 1. The number of aryl methyl sites for hydroxylation is 1. The number of carbonyl (C=O) groups is 1. The molecule has 23 heavy (non-hydrogen) atoms. The maximum atomic E-state index is 12.0. The van der Waals surface area contributed by atoms with Crippen molar-refractivity contribution < 1.29 is 4.79 Å². The number of hydrogen-bond donors (Lipinski definition) is 1. The summed E-state index contributed by atoms with van der Waals surface area (Å²) in [5, 5.41) is 2.89. The van der Waals surface area contributed by atoms with Crippen molar-refractivity contribution in [2.45, 2.75) is 33.6 Å². The van der Waals surface area contributed by atoms with Crippen LogP contribution in [0, 0.1) is 6.92 Å². The summed E-state index contributed by atoms with van der Waals surface area (Å²) in [4.78, 5) is 18.5. The summed E-state index contributed by atoms with van der Waals surface area (Å²) >= 11 is 0. The second kappa shape index (κ2) is 8.32. The summed E-state index contributed by atoms with van der Waals surface area (Å²) in [6.07, 6.45) is 3.82. The Hall–Kier alpha value is -2.36. The van der Waals surface area contributed by atoms with Crippen molar-refractivity contribution in [2.75, 3.05) is 18.0 Å². The van der Waals surface area contributed by atoms with E-state index in [1.165, 1.54) is 5.56 Å². The molecule has 0 aliphatic rings. The van der Waals surface area contributed by atoms with E-state index in [0.717, 1.165) is 30.8 Å². The van der Waals surface area contributed by atoms with Gasteiger partial charge in [0.15, 0.2) is 0 Å². The molecule has 2 rings (SSSR count). The number of nitrogens with one attached hydrogen (secondary N) is 1. The van der Waals surface area contributed by atoms with Crippen molar-refractivity contribution in [3.8, 4) is 0 Å². The van der Waals surface area contributed by atoms with Crippen molar-refractivity contribution in [3.63, 3.8) is 0 Å². The Labute approximate surface area is 138 Å². The van der Waals surface area contributed by atoms with Gasteiger partial charge in [0.25, 0.3) is 5.91 Å². The Morgan fingerprint density at radius 2 is 2.00 bits per heavy atom. The maximum absolute atomic E-state index is 12.0. The first-order chi connectivity index (χ1) is 11.2. The number of rotatable bonds is 7. The third kappa shape index (κ3) is 4.55. The standard InChI is InChI=1S/C19H25N3O/c1-4-6-12-20-19(23)18-11-10-17(14-21-18)22(5-2)16-9-7-8-15(3)13-16/h7-11,13-14H,4-6,12H2,1-3H3,(H,20,23). The molecule has 0 bridgehead atoms. The molecule has 1 aromatic heterocycles. The van der Waals surface area contributed by atoms with Gasteiger partial charge in [-0.1, -0.05) is 25.5 Å². The van der Waals surface area contributed by atoms with Crippen LogP contribution in [0.2, 0.25) is 0 Å². The van der Waals surface area contributed by atoms with E-state index in [1.807, 2.05) is 6.07 Å². The first-order valence-electron chi connectivity index (χ1n) is 8.24. The van der Waals surface area contributed by atoms with Crippen LogP contribution >= 0.6 is 0 Å². The Morgan fingerprint density at radius 3 is 2.61 bits per heavy atom. The van der Waals surface area contributed by atoms with Gasteiger partial charge in [0, 0.05) is 18.8 Å². The van der Waals surface area contributed by atoms with E-state index in [4.69, 9.17) is 0 Å². The molecule has 1 amide bonds. The summed E-state index contributed by atoms with van der Waals surface area (Å²) in [6.45, 7) is 7.83. The molecule has 122 valence electrons. The van der Waals surface area contributed by atoms with Gasteiger partial charge in [0.1, 0.15) is 5.69 Å². The Kier molecular flexibility index (Phi) is 6.15. The highest BCUT2D eigenvalue weighted by molar-refractivity contribution is 5.92. The highest BCUT2D eigenvalue weighted by Gasteiger charge is 2.10. The first-order valence-corrected chi connectivity index (χ1v) is 8.24. The van der Waals surface area contributed by atoms with Crippen molar-refractivity contribution >= 4 is 17.3 Å². The van der Waals surface area contributed by atoms with Gasteiger partial charge in [-0.2, -0.15) is 0 Å². The monoisotopic (exact) mass is 311 g/mol. The van der Waals surface area contributed by atoms with Crippen LogP contribution in [-0.2, 0) is 0 Å². The Morgan fingerprint density at radius 1 is 1.17 bits per heavy atom. The molecule has 4 heteroatoms. The number of unbranched alkanes of at least 4 members (excludes halogenated alkanes) is 1. The largest absolute Gasteiger partial charge is 0.351 e. The van der Waals surface area contributed by atoms with E-state index in [9.17, 15) is 4.79 Å². The second-order valence-electron chi connectivity index (χ2n) is 5.59. The zero-order chi connectivity index (χ0) is 16.7. The number of nitrogens with zero attached hydrogens (tertiary/aromatic N) is 2. The van der Waals surface area contributed by atoms with Crippen LogP contribution in [0.15, 0.2) is 42.6 Å². The molecule has 1 aromatic carbocycles. The minimum Gasteiger partial charge on any atom is -0.351 e. The molecular weight excluding hydrogens is 286 g/mol. The van der Waals surface area contributed by atoms with Crippen LogP contribution in [-0.4, -0.2) is 24.0 Å². The average molecular weight is 311 g/mol. The number of amides is 1. The van der Waals surface area contributed by atoms with Crippen LogP contribution in [0.5, 0.6) is 0 Å². The number of aromatic nitrogens is 1. The molecule has 0 atom stereocenters. The van der Waals surface area contributed by atoms with E-state index in [2.05, 4.69) is 60.2 Å². The van der Waals surface area contributed by atoms with Gasteiger partial charge in [0.05, 0.1) is 11.9 Å². The van der Waals surface area contributed by atoms with Crippen molar-refractivity contribution in [1.82, 2.24) is 10.3 Å². The van der Waals surface area contributed by atoms with Crippen LogP contribution < -0.4 is 10.2 Å².